The molecule has 0 aromatic heterocycles. The topological polar surface area (TPSA) is 68.8 Å². The van der Waals surface area contributed by atoms with Gasteiger partial charge in [-0.1, -0.05) is 0 Å². The van der Waals surface area contributed by atoms with Gasteiger partial charge in [0.1, 0.15) is 6.61 Å². The zero-order chi connectivity index (χ0) is 11.1. The van der Waals surface area contributed by atoms with E-state index in [9.17, 15) is 4.79 Å². The second-order valence-corrected chi connectivity index (χ2v) is 3.71. The third-order valence-corrected chi connectivity index (χ3v) is 2.13. The molecule has 1 saturated heterocycles. The average molecular weight is 218 g/mol. The molecule has 1 aliphatic rings. The highest BCUT2D eigenvalue weighted by molar-refractivity contribution is 5.76. The van der Waals surface area contributed by atoms with Gasteiger partial charge in [-0.15, -0.1) is 0 Å². The van der Waals surface area contributed by atoms with Gasteiger partial charge in [-0.3, -0.25) is 9.63 Å². The van der Waals surface area contributed by atoms with Crippen LogP contribution in [0.15, 0.2) is 0 Å². The minimum atomic E-state index is -0.278. The van der Waals surface area contributed by atoms with Crippen molar-refractivity contribution in [3.8, 4) is 0 Å². The van der Waals surface area contributed by atoms with Crippen LogP contribution in [0.5, 0.6) is 0 Å². The minimum Gasteiger partial charge on any atom is -0.382 e. The Hall–Kier alpha value is -0.690. The molecule has 1 fully saturated rings. The van der Waals surface area contributed by atoms with Crippen LogP contribution in [0.25, 0.3) is 0 Å². The highest BCUT2D eigenvalue weighted by Gasteiger charge is 2.32. The molecule has 15 heavy (non-hydrogen) atoms. The Balaban J connectivity index is 1.98. The lowest BCUT2D eigenvalue weighted by molar-refractivity contribution is -0.148. The summed E-state index contributed by atoms with van der Waals surface area (Å²) in [4.78, 5) is 16.0. The lowest BCUT2D eigenvalue weighted by atomic mass is 10.0. The van der Waals surface area contributed by atoms with E-state index < -0.39 is 0 Å². The fraction of sp³-hybridized carbons (Fsp3) is 0.889. The number of nitrogens with one attached hydrogen (secondary N) is 2. The molecule has 0 aromatic rings. The number of carbonyl (C=O) groups excluding carboxylic acids is 1. The van der Waals surface area contributed by atoms with Crippen LogP contribution in [-0.2, 0) is 19.1 Å². The molecule has 0 atom stereocenters. The molecule has 6 nitrogen and oxygen atoms in total. The van der Waals surface area contributed by atoms with Gasteiger partial charge in [0.15, 0.2) is 0 Å². The van der Waals surface area contributed by atoms with Gasteiger partial charge in [-0.25, -0.2) is 5.48 Å². The van der Waals surface area contributed by atoms with Gasteiger partial charge >= 0.3 is 0 Å². The Kier molecular flexibility index (Phi) is 4.97. The molecule has 1 heterocycles. The predicted molar refractivity (Wildman–Crippen MR) is 53.2 cm³/mol. The predicted octanol–water partition coefficient (Wildman–Crippen LogP) is -0.941. The largest absolute Gasteiger partial charge is 0.382 e. The monoisotopic (exact) mass is 218 g/mol. The highest BCUT2D eigenvalue weighted by Crippen LogP contribution is 2.14. The maximum Gasteiger partial charge on any atom is 0.269 e. The first-order valence-corrected chi connectivity index (χ1v) is 4.90. The van der Waals surface area contributed by atoms with Crippen LogP contribution >= 0.6 is 0 Å². The summed E-state index contributed by atoms with van der Waals surface area (Å²) in [6.45, 7) is 4.33. The van der Waals surface area contributed by atoms with E-state index in [4.69, 9.17) is 14.3 Å². The highest BCUT2D eigenvalue weighted by atomic mass is 16.7. The van der Waals surface area contributed by atoms with Crippen molar-refractivity contribution in [2.24, 2.45) is 0 Å². The second-order valence-electron chi connectivity index (χ2n) is 3.71. The third-order valence-electron chi connectivity index (χ3n) is 2.13. The van der Waals surface area contributed by atoms with Gasteiger partial charge in [0.25, 0.3) is 5.91 Å². The molecular formula is C9H18N2O4. The molecule has 1 rings (SSSR count). The fourth-order valence-corrected chi connectivity index (χ4v) is 1.10. The fourth-order valence-electron chi connectivity index (χ4n) is 1.10. The number of amides is 1. The van der Waals surface area contributed by atoms with Gasteiger partial charge < -0.3 is 14.8 Å². The van der Waals surface area contributed by atoms with Crippen molar-refractivity contribution < 1.29 is 19.1 Å². The summed E-state index contributed by atoms with van der Waals surface area (Å²) in [6.07, 6.45) is 0. The van der Waals surface area contributed by atoms with Crippen molar-refractivity contribution in [2.75, 3.05) is 40.0 Å². The summed E-state index contributed by atoms with van der Waals surface area (Å²) >= 11 is 0. The third kappa shape index (κ3) is 4.57. The Morgan fingerprint density at radius 1 is 1.47 bits per heavy atom. The molecule has 0 spiro atoms. The van der Waals surface area contributed by atoms with E-state index in [1.165, 1.54) is 0 Å². The maximum atomic E-state index is 11.2. The van der Waals surface area contributed by atoms with E-state index in [1.807, 2.05) is 6.92 Å². The molecule has 88 valence electrons. The first-order chi connectivity index (χ1) is 7.16. The van der Waals surface area contributed by atoms with E-state index in [-0.39, 0.29) is 18.1 Å². The first-order valence-electron chi connectivity index (χ1n) is 4.90. The summed E-state index contributed by atoms with van der Waals surface area (Å²) in [6, 6.07) is 0. The van der Waals surface area contributed by atoms with E-state index >= 15 is 0 Å². The van der Waals surface area contributed by atoms with Crippen LogP contribution in [0.1, 0.15) is 6.92 Å². The van der Waals surface area contributed by atoms with E-state index in [0.29, 0.717) is 13.2 Å². The van der Waals surface area contributed by atoms with Crippen LogP contribution in [-0.4, -0.2) is 51.5 Å². The minimum absolute atomic E-state index is 0.0190. The number of hydrogen-bond acceptors (Lipinski definition) is 5. The van der Waals surface area contributed by atoms with Gasteiger partial charge in [0.2, 0.25) is 0 Å². The van der Waals surface area contributed by atoms with Gasteiger partial charge in [0.05, 0.1) is 18.8 Å². The standard InChI is InChI=1S/C9H18N2O4/c1-9(6-10-7-9)14-5-8(12)11-15-4-3-13-2/h10H,3-7H2,1-2H3,(H,11,12). The van der Waals surface area contributed by atoms with Crippen molar-refractivity contribution >= 4 is 5.91 Å². The van der Waals surface area contributed by atoms with Crippen LogP contribution in [0.4, 0.5) is 0 Å². The molecule has 0 bridgehead atoms. The molecule has 1 aliphatic heterocycles. The van der Waals surface area contributed by atoms with E-state index in [2.05, 4.69) is 10.8 Å². The zero-order valence-corrected chi connectivity index (χ0v) is 9.17. The summed E-state index contributed by atoms with van der Waals surface area (Å²) in [5.41, 5.74) is 2.07. The molecule has 0 unspecified atom stereocenters. The maximum absolute atomic E-state index is 11.2. The molecule has 6 heteroatoms. The summed E-state index contributed by atoms with van der Waals surface area (Å²) < 4.78 is 10.1. The number of hydroxylamine groups is 1. The van der Waals surface area contributed by atoms with Crippen molar-refractivity contribution in [1.82, 2.24) is 10.8 Å². The zero-order valence-electron chi connectivity index (χ0n) is 9.17. The molecular weight excluding hydrogens is 200 g/mol. The Morgan fingerprint density at radius 2 is 2.20 bits per heavy atom. The van der Waals surface area contributed by atoms with Gasteiger partial charge in [-0.2, -0.15) is 0 Å². The number of rotatable bonds is 7. The Bertz CT molecular complexity index is 206. The number of methoxy groups -OCH3 is 1. The van der Waals surface area contributed by atoms with Gasteiger partial charge in [-0.05, 0) is 6.92 Å². The number of carbonyl (C=O) groups is 1. The van der Waals surface area contributed by atoms with E-state index in [0.717, 1.165) is 13.1 Å². The van der Waals surface area contributed by atoms with Crippen molar-refractivity contribution in [3.05, 3.63) is 0 Å². The molecule has 2 N–H and O–H groups in total. The summed E-state index contributed by atoms with van der Waals surface area (Å²) in [7, 11) is 1.57. The number of hydrogen-bond donors (Lipinski definition) is 2. The van der Waals surface area contributed by atoms with Crippen molar-refractivity contribution in [3.63, 3.8) is 0 Å². The van der Waals surface area contributed by atoms with Crippen LogP contribution in [0.2, 0.25) is 0 Å². The first kappa shape index (κ1) is 12.4. The van der Waals surface area contributed by atoms with Crippen molar-refractivity contribution in [2.45, 2.75) is 12.5 Å². The molecule has 0 saturated carbocycles. The molecule has 0 radical (unpaired) electrons. The molecule has 0 aromatic carbocycles. The van der Waals surface area contributed by atoms with Gasteiger partial charge in [0, 0.05) is 20.2 Å². The SMILES string of the molecule is COCCONC(=O)COC1(C)CNC1. The van der Waals surface area contributed by atoms with Crippen molar-refractivity contribution in [1.29, 1.82) is 0 Å². The molecule has 1 amide bonds. The molecule has 0 aliphatic carbocycles. The van der Waals surface area contributed by atoms with Crippen LogP contribution in [0, 0.1) is 0 Å². The lowest BCUT2D eigenvalue weighted by Crippen LogP contribution is -2.59. The summed E-state index contributed by atoms with van der Waals surface area (Å²) in [5.74, 6) is -0.278. The van der Waals surface area contributed by atoms with E-state index in [1.54, 1.807) is 7.11 Å². The van der Waals surface area contributed by atoms with Crippen LogP contribution in [0.3, 0.4) is 0 Å². The Morgan fingerprint density at radius 3 is 2.73 bits per heavy atom. The lowest BCUT2D eigenvalue weighted by Gasteiger charge is -2.38. The Labute approximate surface area is 89.2 Å². The smallest absolute Gasteiger partial charge is 0.269 e. The average Bonchev–Trinajstić information content (AvgIpc) is 2.19. The normalized spacial score (nSPS) is 18.3. The number of ether oxygens (including phenoxy) is 2. The summed E-state index contributed by atoms with van der Waals surface area (Å²) in [5, 5.41) is 3.08. The van der Waals surface area contributed by atoms with Crippen LogP contribution < -0.4 is 10.8 Å². The second kappa shape index (κ2) is 6.02. The quantitative estimate of drug-likeness (QED) is 0.426.